The molecule has 1 heterocycles. The Balaban J connectivity index is 1.80. The van der Waals surface area contributed by atoms with E-state index in [0.29, 0.717) is 6.61 Å². The van der Waals surface area contributed by atoms with Crippen LogP contribution in [0.2, 0.25) is 0 Å². The molecular weight excluding hydrogens is 318 g/mol. The lowest BCUT2D eigenvalue weighted by Gasteiger charge is -2.14. The fourth-order valence-electron chi connectivity index (χ4n) is 2.05. The van der Waals surface area contributed by atoms with Crippen molar-refractivity contribution in [3.05, 3.63) is 48.4 Å². The van der Waals surface area contributed by atoms with E-state index in [2.05, 4.69) is 19.0 Å². The third-order valence-corrected chi connectivity index (χ3v) is 3.70. The number of hydrogen-bond acceptors (Lipinski definition) is 5. The Kier molecular flexibility index (Phi) is 7.38. The molecule has 1 aromatic heterocycles. The van der Waals surface area contributed by atoms with E-state index in [9.17, 15) is 0 Å². The van der Waals surface area contributed by atoms with Crippen molar-refractivity contribution in [1.82, 2.24) is 0 Å². The monoisotopic (exact) mass is 345 g/mol. The quantitative estimate of drug-likeness (QED) is 0.446. The van der Waals surface area contributed by atoms with Crippen LogP contribution < -0.4 is 9.47 Å². The predicted molar refractivity (Wildman–Crippen MR) is 98.4 cm³/mol. The lowest BCUT2D eigenvalue weighted by molar-refractivity contribution is 0.0362. The Morgan fingerprint density at radius 2 is 1.76 bits per heavy atom. The molecule has 0 radical (unpaired) electrons. The van der Waals surface area contributed by atoms with Gasteiger partial charge in [-0.05, 0) is 63.1 Å². The first kappa shape index (κ1) is 18.9. The van der Waals surface area contributed by atoms with Gasteiger partial charge in [0.1, 0.15) is 23.8 Å². The molecule has 5 heteroatoms. The predicted octanol–water partition coefficient (Wildman–Crippen LogP) is 5.06. The first-order chi connectivity index (χ1) is 12.1. The topological polar surface area (TPSA) is 53.2 Å². The molecule has 0 spiro atoms. The molecule has 0 aliphatic carbocycles. The molecule has 0 saturated carbocycles. The summed E-state index contributed by atoms with van der Waals surface area (Å²) in [5.41, 5.74) is 0.781. The van der Waals surface area contributed by atoms with Crippen LogP contribution in [0.1, 0.15) is 46.3 Å². The Labute approximate surface area is 149 Å². The van der Waals surface area contributed by atoms with E-state index in [1.807, 2.05) is 50.2 Å². The van der Waals surface area contributed by atoms with Crippen molar-refractivity contribution < 1.29 is 18.7 Å². The smallest absolute Gasteiger partial charge is 0.158 e. The Bertz CT molecular complexity index is 634. The maximum atomic E-state index is 5.75. The van der Waals surface area contributed by atoms with E-state index in [1.54, 1.807) is 6.26 Å². The summed E-state index contributed by atoms with van der Waals surface area (Å²) in [6, 6.07) is 11.3. The van der Waals surface area contributed by atoms with Crippen LogP contribution in [0.15, 0.2) is 52.2 Å². The molecule has 0 N–H and O–H groups in total. The minimum Gasteiger partial charge on any atom is -0.491 e. The zero-order chi connectivity index (χ0) is 18.1. The first-order valence-corrected chi connectivity index (χ1v) is 8.78. The zero-order valence-corrected chi connectivity index (χ0v) is 15.4. The highest BCUT2D eigenvalue weighted by atomic mass is 16.6. The largest absolute Gasteiger partial charge is 0.491 e. The SMILES string of the molecule is CCC(=NOC(C)COc1ccc(OC(C)CC)cc1)c1ccco1. The molecule has 0 saturated heterocycles. The number of nitrogens with zero attached hydrogens (tertiary/aromatic N) is 1. The second-order valence-electron chi connectivity index (χ2n) is 5.90. The van der Waals surface area contributed by atoms with Crippen molar-refractivity contribution in [2.75, 3.05) is 6.61 Å². The maximum absolute atomic E-state index is 5.75. The number of hydrogen-bond donors (Lipinski definition) is 0. The van der Waals surface area contributed by atoms with Crippen LogP contribution in [0, 0.1) is 0 Å². The van der Waals surface area contributed by atoms with Crippen LogP contribution in [0.5, 0.6) is 11.5 Å². The molecule has 0 bridgehead atoms. The molecule has 2 unspecified atom stereocenters. The van der Waals surface area contributed by atoms with Crippen molar-refractivity contribution in [3.63, 3.8) is 0 Å². The van der Waals surface area contributed by atoms with Crippen molar-refractivity contribution in [2.45, 2.75) is 52.7 Å². The second kappa shape index (κ2) is 9.77. The van der Waals surface area contributed by atoms with Crippen molar-refractivity contribution in [3.8, 4) is 11.5 Å². The normalized spacial score (nSPS) is 14.0. The summed E-state index contributed by atoms with van der Waals surface area (Å²) in [5.74, 6) is 2.35. The number of oxime groups is 1. The Hall–Kier alpha value is -2.43. The van der Waals surface area contributed by atoms with E-state index in [1.165, 1.54) is 0 Å². The van der Waals surface area contributed by atoms with Crippen LogP contribution >= 0.6 is 0 Å². The molecule has 136 valence electrons. The van der Waals surface area contributed by atoms with Gasteiger partial charge in [-0.25, -0.2) is 0 Å². The van der Waals surface area contributed by atoms with Crippen LogP contribution in [0.4, 0.5) is 0 Å². The fourth-order valence-corrected chi connectivity index (χ4v) is 2.05. The Morgan fingerprint density at radius 3 is 2.36 bits per heavy atom. The average molecular weight is 345 g/mol. The minimum atomic E-state index is -0.174. The van der Waals surface area contributed by atoms with Crippen molar-refractivity contribution in [2.24, 2.45) is 5.16 Å². The summed E-state index contributed by atoms with van der Waals surface area (Å²) in [6.07, 6.45) is 3.37. The molecule has 5 nitrogen and oxygen atoms in total. The maximum Gasteiger partial charge on any atom is 0.158 e. The standard InChI is InChI=1S/C20H27NO4/c1-5-15(3)24-18-11-9-17(10-12-18)23-14-16(4)25-21-19(6-2)20-8-7-13-22-20/h7-13,15-16H,5-6,14H2,1-4H3. The number of benzene rings is 1. The van der Waals surface area contributed by atoms with Gasteiger partial charge in [-0.15, -0.1) is 0 Å². The van der Waals surface area contributed by atoms with Gasteiger partial charge in [0.2, 0.25) is 0 Å². The summed E-state index contributed by atoms with van der Waals surface area (Å²) in [4.78, 5) is 5.51. The highest BCUT2D eigenvalue weighted by molar-refractivity contribution is 5.97. The molecule has 2 atom stereocenters. The molecule has 2 rings (SSSR count). The summed E-state index contributed by atoms with van der Waals surface area (Å²) in [7, 11) is 0. The third kappa shape index (κ3) is 6.18. The molecule has 1 aromatic carbocycles. The molecule has 2 aromatic rings. The lowest BCUT2D eigenvalue weighted by atomic mass is 10.2. The molecular formula is C20H27NO4. The van der Waals surface area contributed by atoms with Crippen molar-refractivity contribution >= 4 is 5.71 Å². The van der Waals surface area contributed by atoms with E-state index in [0.717, 1.165) is 35.8 Å². The second-order valence-corrected chi connectivity index (χ2v) is 5.90. The fraction of sp³-hybridized carbons (Fsp3) is 0.450. The van der Waals surface area contributed by atoms with Gasteiger partial charge in [0.25, 0.3) is 0 Å². The van der Waals surface area contributed by atoms with Crippen LogP contribution in [-0.2, 0) is 4.84 Å². The summed E-state index contributed by atoms with van der Waals surface area (Å²) in [5, 5.41) is 4.18. The molecule has 0 fully saturated rings. The highest BCUT2D eigenvalue weighted by Crippen LogP contribution is 2.19. The zero-order valence-electron chi connectivity index (χ0n) is 15.4. The molecule has 0 aliphatic rings. The lowest BCUT2D eigenvalue weighted by Crippen LogP contribution is -2.17. The van der Waals surface area contributed by atoms with Crippen molar-refractivity contribution in [1.29, 1.82) is 0 Å². The third-order valence-electron chi connectivity index (χ3n) is 3.70. The van der Waals surface area contributed by atoms with Gasteiger partial charge in [-0.2, -0.15) is 0 Å². The van der Waals surface area contributed by atoms with Crippen LogP contribution in [0.3, 0.4) is 0 Å². The van der Waals surface area contributed by atoms with Gasteiger partial charge in [0.05, 0.1) is 12.4 Å². The van der Waals surface area contributed by atoms with E-state index >= 15 is 0 Å². The van der Waals surface area contributed by atoms with Crippen LogP contribution in [0.25, 0.3) is 0 Å². The number of rotatable bonds is 10. The van der Waals surface area contributed by atoms with Gasteiger partial charge in [0, 0.05) is 0 Å². The van der Waals surface area contributed by atoms with E-state index < -0.39 is 0 Å². The molecule has 25 heavy (non-hydrogen) atoms. The highest BCUT2D eigenvalue weighted by Gasteiger charge is 2.08. The molecule has 0 amide bonds. The molecule has 0 aliphatic heterocycles. The van der Waals surface area contributed by atoms with Gasteiger partial charge in [-0.1, -0.05) is 19.0 Å². The van der Waals surface area contributed by atoms with Gasteiger partial charge in [0.15, 0.2) is 11.9 Å². The van der Waals surface area contributed by atoms with E-state index in [4.69, 9.17) is 18.7 Å². The summed E-state index contributed by atoms with van der Waals surface area (Å²) >= 11 is 0. The average Bonchev–Trinajstić information content (AvgIpc) is 3.16. The van der Waals surface area contributed by atoms with Crippen LogP contribution in [-0.4, -0.2) is 24.5 Å². The van der Waals surface area contributed by atoms with E-state index in [-0.39, 0.29) is 12.2 Å². The number of ether oxygens (including phenoxy) is 2. The Morgan fingerprint density at radius 1 is 1.04 bits per heavy atom. The number of furan rings is 1. The van der Waals surface area contributed by atoms with Gasteiger partial charge < -0.3 is 18.7 Å². The summed E-state index contributed by atoms with van der Waals surface area (Å²) in [6.45, 7) is 8.48. The first-order valence-electron chi connectivity index (χ1n) is 8.78. The van der Waals surface area contributed by atoms with Gasteiger partial charge in [-0.3, -0.25) is 0 Å². The summed E-state index contributed by atoms with van der Waals surface area (Å²) < 4.78 is 16.8. The van der Waals surface area contributed by atoms with Gasteiger partial charge >= 0.3 is 0 Å². The minimum absolute atomic E-state index is 0.174.